The molecule has 1 heteroatoms. The number of hydrogen-bond donors (Lipinski definition) is 1. The molecule has 1 unspecified atom stereocenters. The van der Waals surface area contributed by atoms with Gasteiger partial charge in [0.25, 0.3) is 0 Å². The van der Waals surface area contributed by atoms with E-state index in [2.05, 4.69) is 26.1 Å². The zero-order chi connectivity index (χ0) is 8.97. The van der Waals surface area contributed by atoms with Crippen molar-refractivity contribution in [1.29, 1.82) is 0 Å². The molecule has 0 spiro atoms. The van der Waals surface area contributed by atoms with E-state index in [1.165, 1.54) is 32.1 Å². The van der Waals surface area contributed by atoms with E-state index in [9.17, 15) is 0 Å². The summed E-state index contributed by atoms with van der Waals surface area (Å²) in [4.78, 5) is 0. The normalized spacial score (nSPS) is 24.2. The molecule has 1 aliphatic carbocycles. The molecule has 0 aromatic carbocycles. The first-order valence-electron chi connectivity index (χ1n) is 5.50. The van der Waals surface area contributed by atoms with Crippen LogP contribution in [0, 0.1) is 5.92 Å². The Morgan fingerprint density at radius 3 is 2.33 bits per heavy atom. The summed E-state index contributed by atoms with van der Waals surface area (Å²) in [7, 11) is 0. The summed E-state index contributed by atoms with van der Waals surface area (Å²) >= 11 is 0. The molecule has 0 saturated heterocycles. The molecule has 72 valence electrons. The van der Waals surface area contributed by atoms with E-state index in [-0.39, 0.29) is 0 Å². The van der Waals surface area contributed by atoms with Crippen LogP contribution in [0.15, 0.2) is 0 Å². The molecule has 1 saturated carbocycles. The maximum absolute atomic E-state index is 3.67. The van der Waals surface area contributed by atoms with E-state index in [0.29, 0.717) is 6.04 Å². The van der Waals surface area contributed by atoms with Crippen molar-refractivity contribution in [3.63, 3.8) is 0 Å². The fraction of sp³-hybridized carbons (Fsp3) is 1.00. The molecule has 12 heavy (non-hydrogen) atoms. The van der Waals surface area contributed by atoms with Crippen LogP contribution < -0.4 is 5.32 Å². The number of nitrogens with one attached hydrogen (secondary N) is 1. The second-order valence-electron chi connectivity index (χ2n) is 4.31. The predicted octanol–water partition coefficient (Wildman–Crippen LogP) is 2.95. The second kappa shape index (κ2) is 4.86. The van der Waals surface area contributed by atoms with Crippen molar-refractivity contribution in [2.75, 3.05) is 0 Å². The lowest BCUT2D eigenvalue weighted by Crippen LogP contribution is -2.38. The van der Waals surface area contributed by atoms with Gasteiger partial charge in [-0.1, -0.05) is 19.8 Å². The lowest BCUT2D eigenvalue weighted by molar-refractivity contribution is 0.345. The third-order valence-corrected chi connectivity index (χ3v) is 3.27. The number of hydrogen-bond acceptors (Lipinski definition) is 1. The SMILES string of the molecule is CCC(C)N[C@@H](C)C1CCCC1. The average Bonchev–Trinajstić information content (AvgIpc) is 2.56. The molecule has 2 atom stereocenters. The maximum Gasteiger partial charge on any atom is 0.00694 e. The molecule has 0 amide bonds. The summed E-state index contributed by atoms with van der Waals surface area (Å²) in [5, 5.41) is 3.67. The van der Waals surface area contributed by atoms with Gasteiger partial charge in [-0.15, -0.1) is 0 Å². The molecule has 0 aromatic heterocycles. The highest BCUT2D eigenvalue weighted by Gasteiger charge is 2.21. The van der Waals surface area contributed by atoms with Crippen LogP contribution in [0.1, 0.15) is 52.9 Å². The Morgan fingerprint density at radius 2 is 1.83 bits per heavy atom. The third-order valence-electron chi connectivity index (χ3n) is 3.27. The zero-order valence-corrected chi connectivity index (χ0v) is 8.77. The fourth-order valence-corrected chi connectivity index (χ4v) is 2.16. The van der Waals surface area contributed by atoms with E-state index in [4.69, 9.17) is 0 Å². The van der Waals surface area contributed by atoms with Crippen LogP contribution in [-0.2, 0) is 0 Å². The van der Waals surface area contributed by atoms with Gasteiger partial charge in [-0.3, -0.25) is 0 Å². The van der Waals surface area contributed by atoms with Gasteiger partial charge in [0, 0.05) is 12.1 Å². The minimum atomic E-state index is 0.695. The Labute approximate surface area is 76.9 Å². The lowest BCUT2D eigenvalue weighted by Gasteiger charge is -2.24. The average molecular weight is 169 g/mol. The topological polar surface area (TPSA) is 12.0 Å². The van der Waals surface area contributed by atoms with E-state index >= 15 is 0 Å². The van der Waals surface area contributed by atoms with Gasteiger partial charge in [0.05, 0.1) is 0 Å². The van der Waals surface area contributed by atoms with Gasteiger partial charge in [-0.2, -0.15) is 0 Å². The smallest absolute Gasteiger partial charge is 0.00694 e. The Hall–Kier alpha value is -0.0400. The monoisotopic (exact) mass is 169 g/mol. The minimum Gasteiger partial charge on any atom is -0.312 e. The summed E-state index contributed by atoms with van der Waals surface area (Å²) in [6, 6.07) is 1.43. The molecule has 1 nitrogen and oxygen atoms in total. The molecule has 0 aliphatic heterocycles. The highest BCUT2D eigenvalue weighted by molar-refractivity contribution is 4.78. The van der Waals surface area contributed by atoms with Crippen molar-refractivity contribution in [2.24, 2.45) is 5.92 Å². The second-order valence-corrected chi connectivity index (χ2v) is 4.31. The maximum atomic E-state index is 3.67. The van der Waals surface area contributed by atoms with E-state index < -0.39 is 0 Å². The fourth-order valence-electron chi connectivity index (χ4n) is 2.16. The van der Waals surface area contributed by atoms with Gasteiger partial charge in [0.1, 0.15) is 0 Å². The quantitative estimate of drug-likeness (QED) is 0.682. The van der Waals surface area contributed by atoms with Crippen LogP contribution in [0.3, 0.4) is 0 Å². The van der Waals surface area contributed by atoms with Crippen molar-refractivity contribution >= 4 is 0 Å². The molecule has 1 rings (SSSR count). The summed E-state index contributed by atoms with van der Waals surface area (Å²) in [6.45, 7) is 6.88. The molecule has 1 N–H and O–H groups in total. The van der Waals surface area contributed by atoms with Crippen molar-refractivity contribution < 1.29 is 0 Å². The van der Waals surface area contributed by atoms with Gasteiger partial charge >= 0.3 is 0 Å². The van der Waals surface area contributed by atoms with E-state index in [1.54, 1.807) is 0 Å². The van der Waals surface area contributed by atoms with Crippen LogP contribution in [-0.4, -0.2) is 12.1 Å². The largest absolute Gasteiger partial charge is 0.312 e. The third kappa shape index (κ3) is 2.78. The van der Waals surface area contributed by atoms with Crippen LogP contribution in [0.2, 0.25) is 0 Å². The predicted molar refractivity (Wildman–Crippen MR) is 54.3 cm³/mol. The molecular weight excluding hydrogens is 146 g/mol. The molecule has 0 radical (unpaired) electrons. The van der Waals surface area contributed by atoms with Crippen molar-refractivity contribution in [3.05, 3.63) is 0 Å². The number of rotatable bonds is 4. The van der Waals surface area contributed by atoms with Crippen LogP contribution in [0.25, 0.3) is 0 Å². The Kier molecular flexibility index (Phi) is 4.07. The molecule has 0 aromatic rings. The van der Waals surface area contributed by atoms with Crippen LogP contribution >= 0.6 is 0 Å². The highest BCUT2D eigenvalue weighted by atomic mass is 14.9. The zero-order valence-electron chi connectivity index (χ0n) is 8.77. The Bertz CT molecular complexity index is 116. The van der Waals surface area contributed by atoms with Crippen molar-refractivity contribution in [3.8, 4) is 0 Å². The van der Waals surface area contributed by atoms with Gasteiger partial charge in [-0.25, -0.2) is 0 Å². The van der Waals surface area contributed by atoms with Gasteiger partial charge in [0.2, 0.25) is 0 Å². The molecule has 1 aliphatic rings. The molecule has 0 bridgehead atoms. The summed E-state index contributed by atoms with van der Waals surface area (Å²) in [5.41, 5.74) is 0. The molecule has 0 heterocycles. The first kappa shape index (κ1) is 10.0. The summed E-state index contributed by atoms with van der Waals surface area (Å²) in [5.74, 6) is 0.957. The summed E-state index contributed by atoms with van der Waals surface area (Å²) < 4.78 is 0. The Balaban J connectivity index is 2.21. The van der Waals surface area contributed by atoms with Gasteiger partial charge in [-0.05, 0) is 39.0 Å². The first-order chi connectivity index (χ1) is 5.74. The van der Waals surface area contributed by atoms with Crippen LogP contribution in [0.5, 0.6) is 0 Å². The Morgan fingerprint density at radius 1 is 1.25 bits per heavy atom. The lowest BCUT2D eigenvalue weighted by atomic mass is 9.99. The summed E-state index contributed by atoms with van der Waals surface area (Å²) in [6.07, 6.45) is 7.06. The standard InChI is InChI=1S/C11H23N/c1-4-9(2)12-10(3)11-7-5-6-8-11/h9-12H,4-8H2,1-3H3/t9?,10-/m0/s1. The first-order valence-corrected chi connectivity index (χ1v) is 5.50. The van der Waals surface area contributed by atoms with E-state index in [0.717, 1.165) is 12.0 Å². The minimum absolute atomic E-state index is 0.695. The van der Waals surface area contributed by atoms with Crippen LogP contribution in [0.4, 0.5) is 0 Å². The van der Waals surface area contributed by atoms with E-state index in [1.807, 2.05) is 0 Å². The van der Waals surface area contributed by atoms with Crippen molar-refractivity contribution in [1.82, 2.24) is 5.32 Å². The van der Waals surface area contributed by atoms with Gasteiger partial charge in [0.15, 0.2) is 0 Å². The van der Waals surface area contributed by atoms with Gasteiger partial charge < -0.3 is 5.32 Å². The highest BCUT2D eigenvalue weighted by Crippen LogP contribution is 2.27. The van der Waals surface area contributed by atoms with Crippen molar-refractivity contribution in [2.45, 2.75) is 65.0 Å². The molecule has 1 fully saturated rings. The molecular formula is C11H23N.